The van der Waals surface area contributed by atoms with Crippen molar-refractivity contribution in [3.8, 4) is 0 Å². The van der Waals surface area contributed by atoms with Crippen LogP contribution in [0.3, 0.4) is 0 Å². The molecule has 3 rings (SSSR count). The minimum Gasteiger partial charge on any atom is -0.459 e. The molecule has 1 aromatic rings. The number of ketones is 1. The summed E-state index contributed by atoms with van der Waals surface area (Å²) < 4.78 is 19.2. The molecule has 0 saturated carbocycles. The van der Waals surface area contributed by atoms with E-state index in [1.165, 1.54) is 6.92 Å². The van der Waals surface area contributed by atoms with E-state index in [9.17, 15) is 19.5 Å². The maximum Gasteiger partial charge on any atom is 0.316 e. The van der Waals surface area contributed by atoms with Gasteiger partial charge in [-0.25, -0.2) is 4.99 Å². The molecule has 2 aliphatic rings. The van der Waals surface area contributed by atoms with Gasteiger partial charge >= 0.3 is 5.97 Å². The summed E-state index contributed by atoms with van der Waals surface area (Å²) in [6.07, 6.45) is 5.51. The van der Waals surface area contributed by atoms with Crippen molar-refractivity contribution < 1.29 is 33.7 Å². The number of hydrogen-bond donors (Lipinski definition) is 1. The number of aliphatic hydroxyl groups is 1. The quantitative estimate of drug-likeness (QED) is 0.306. The Labute approximate surface area is 269 Å². The van der Waals surface area contributed by atoms with E-state index >= 15 is 0 Å². The molecule has 0 radical (unpaired) electrons. The van der Waals surface area contributed by atoms with Crippen molar-refractivity contribution >= 4 is 29.4 Å². The number of allylic oxidation sites excluding steroid dienone is 2. The van der Waals surface area contributed by atoms with Crippen LogP contribution in [0.15, 0.2) is 53.0 Å². The Bertz CT molecular complexity index is 1280. The zero-order chi connectivity index (χ0) is 33.5. The van der Waals surface area contributed by atoms with Gasteiger partial charge in [0.15, 0.2) is 0 Å². The number of rotatable bonds is 3. The van der Waals surface area contributed by atoms with Gasteiger partial charge in [-0.05, 0) is 63.0 Å². The van der Waals surface area contributed by atoms with Crippen LogP contribution in [0.4, 0.5) is 0 Å². The van der Waals surface area contributed by atoms with E-state index in [1.54, 1.807) is 13.8 Å². The third-order valence-electron chi connectivity index (χ3n) is 9.95. The molecule has 2 bridgehead atoms. The van der Waals surface area contributed by atoms with Crippen LogP contribution < -0.4 is 0 Å². The fourth-order valence-electron chi connectivity index (χ4n) is 6.87. The Morgan fingerprint density at radius 2 is 1.73 bits per heavy atom. The topological polar surface area (TPSA) is 111 Å². The molecule has 1 N–H and O–H groups in total. The van der Waals surface area contributed by atoms with Gasteiger partial charge < -0.3 is 19.3 Å². The fourth-order valence-corrected chi connectivity index (χ4v) is 6.87. The van der Waals surface area contributed by atoms with Crippen molar-refractivity contribution in [3.05, 3.63) is 53.6 Å². The lowest BCUT2D eigenvalue weighted by Crippen LogP contribution is -2.57. The van der Waals surface area contributed by atoms with Crippen molar-refractivity contribution in [1.82, 2.24) is 0 Å². The van der Waals surface area contributed by atoms with E-state index in [0.29, 0.717) is 31.6 Å². The van der Waals surface area contributed by atoms with E-state index in [4.69, 9.17) is 14.2 Å². The van der Waals surface area contributed by atoms with Gasteiger partial charge in [-0.2, -0.15) is 0 Å². The molecule has 248 valence electrons. The number of ether oxygens (including phenoxy) is 3. The Kier molecular flexibility index (Phi) is 12.6. The molecule has 1 amide bonds. The highest BCUT2D eigenvalue weighted by atomic mass is 16.6. The summed E-state index contributed by atoms with van der Waals surface area (Å²) in [6.45, 7) is 16.7. The summed E-state index contributed by atoms with van der Waals surface area (Å²) in [4.78, 5) is 44.0. The summed E-state index contributed by atoms with van der Waals surface area (Å²) in [5, 5.41) is 12.1. The van der Waals surface area contributed by atoms with E-state index in [-0.39, 0.29) is 30.1 Å². The summed E-state index contributed by atoms with van der Waals surface area (Å²) >= 11 is 0. The number of Topliss-reactive ketones (excluding diaryl/α,β-unsaturated/α-hetero) is 1. The van der Waals surface area contributed by atoms with Crippen LogP contribution in [0.25, 0.3) is 6.08 Å². The smallest absolute Gasteiger partial charge is 0.316 e. The van der Waals surface area contributed by atoms with Crippen molar-refractivity contribution in [1.29, 1.82) is 0 Å². The first kappa shape index (κ1) is 36.5. The number of carbonyl (C=O) groups excluding carboxylic acids is 3. The molecule has 2 fully saturated rings. The van der Waals surface area contributed by atoms with Crippen LogP contribution in [-0.4, -0.2) is 65.1 Å². The Morgan fingerprint density at radius 1 is 1.07 bits per heavy atom. The highest BCUT2D eigenvalue weighted by Crippen LogP contribution is 2.40. The Morgan fingerprint density at radius 3 is 2.36 bits per heavy atom. The molecule has 8 heteroatoms. The van der Waals surface area contributed by atoms with Gasteiger partial charge in [0, 0.05) is 24.5 Å². The number of cyclic esters (lactones) is 1. The number of hydrogen-bond acceptors (Lipinski definition) is 7. The average molecular weight is 624 g/mol. The van der Waals surface area contributed by atoms with E-state index in [2.05, 4.69) is 4.99 Å². The fraction of sp³-hybridized carbons (Fsp3) is 0.622. The van der Waals surface area contributed by atoms with Crippen LogP contribution in [0.1, 0.15) is 87.1 Å². The van der Waals surface area contributed by atoms with Crippen molar-refractivity contribution in [3.63, 3.8) is 0 Å². The number of esters is 1. The third kappa shape index (κ3) is 8.87. The van der Waals surface area contributed by atoms with Gasteiger partial charge in [-0.3, -0.25) is 14.4 Å². The lowest BCUT2D eigenvalue weighted by atomic mass is 9.70. The second kappa shape index (κ2) is 15.6. The number of nitrogens with zero attached hydrogens (tertiary/aromatic N) is 1. The predicted octanol–water partition coefficient (Wildman–Crippen LogP) is 6.40. The number of amides is 1. The molecule has 1 aromatic carbocycles. The van der Waals surface area contributed by atoms with Crippen LogP contribution in [0, 0.1) is 29.6 Å². The number of aliphatic imine (C=N–C) groups is 1. The van der Waals surface area contributed by atoms with Crippen LogP contribution in [0.5, 0.6) is 0 Å². The van der Waals surface area contributed by atoms with Gasteiger partial charge in [-0.1, -0.05) is 83.2 Å². The number of fused-ring (bicyclic) bond motifs is 5. The maximum atomic E-state index is 13.7. The monoisotopic (exact) mass is 623 g/mol. The van der Waals surface area contributed by atoms with Crippen molar-refractivity contribution in [2.24, 2.45) is 34.6 Å². The lowest BCUT2D eigenvalue weighted by Gasteiger charge is -2.45. The summed E-state index contributed by atoms with van der Waals surface area (Å²) in [7, 11) is 0. The van der Waals surface area contributed by atoms with Crippen molar-refractivity contribution in [2.75, 3.05) is 13.2 Å². The molecule has 45 heavy (non-hydrogen) atoms. The minimum absolute atomic E-state index is 0.242. The molecular weight excluding hydrogens is 570 g/mol. The Hall–Kier alpha value is -2.94. The zero-order valence-corrected chi connectivity index (χ0v) is 28.5. The molecule has 0 aromatic heterocycles. The molecule has 8 nitrogen and oxygen atoms in total. The molecule has 2 saturated heterocycles. The first-order chi connectivity index (χ1) is 21.1. The molecule has 0 unspecified atom stereocenters. The first-order valence-corrected chi connectivity index (χ1v) is 16.3. The van der Waals surface area contributed by atoms with Gasteiger partial charge in [0.25, 0.3) is 0 Å². The summed E-state index contributed by atoms with van der Waals surface area (Å²) in [5.41, 5.74) is 0.169. The second-order valence-electron chi connectivity index (χ2n) is 13.4. The predicted molar refractivity (Wildman–Crippen MR) is 177 cm³/mol. The highest BCUT2D eigenvalue weighted by molar-refractivity contribution is 6.00. The molecule has 0 aliphatic carbocycles. The van der Waals surface area contributed by atoms with Gasteiger partial charge in [0.1, 0.15) is 23.4 Å². The summed E-state index contributed by atoms with van der Waals surface area (Å²) in [6, 6.07) is 10.0. The van der Waals surface area contributed by atoms with Gasteiger partial charge in [0.2, 0.25) is 5.91 Å². The standard InChI is InChI=1S/C37H53NO7/c1-10-31-37(9,42)34-25(4)32(38-28(7)39)23(2)21-36(8,27(6)24(3)33(40)26(5)35(41)45-31)44-22-30(19-20-43-34)18-14-17-29-15-12-11-13-16-29/h11-18,23-27,31,34,42H,10,19-22H2,1-9H3/b17-14+,30-18+,38-32?/t23-,24-,25+,26-,27-,31-,34-,36-,37-/m1/s1. The Balaban J connectivity index is 2.22. The average Bonchev–Trinajstić information content (AvgIpc) is 3.00. The van der Waals surface area contributed by atoms with Crippen LogP contribution in [0.2, 0.25) is 0 Å². The maximum absolute atomic E-state index is 13.7. The van der Waals surface area contributed by atoms with E-state index < -0.39 is 47.1 Å². The molecule has 2 aliphatic heterocycles. The zero-order valence-electron chi connectivity index (χ0n) is 28.5. The van der Waals surface area contributed by atoms with E-state index in [1.807, 2.05) is 90.1 Å². The molecule has 2 heterocycles. The van der Waals surface area contributed by atoms with Crippen LogP contribution in [-0.2, 0) is 28.6 Å². The highest BCUT2D eigenvalue weighted by Gasteiger charge is 2.49. The molecular formula is C37H53NO7. The number of carbonyl (C=O) groups is 3. The van der Waals surface area contributed by atoms with E-state index in [0.717, 1.165) is 11.1 Å². The minimum atomic E-state index is -1.66. The third-order valence-corrected chi connectivity index (χ3v) is 9.95. The van der Waals surface area contributed by atoms with Crippen molar-refractivity contribution in [2.45, 2.75) is 105 Å². The molecule has 0 spiro atoms. The van der Waals surface area contributed by atoms with Gasteiger partial charge in [0.05, 0.1) is 24.9 Å². The summed E-state index contributed by atoms with van der Waals surface area (Å²) in [5.74, 6) is -3.87. The van der Waals surface area contributed by atoms with Crippen LogP contribution >= 0.6 is 0 Å². The SMILES string of the molecule is CC[C@H]1OC(=O)[C@H](C)C(=O)[C@H](C)[C@@H](C)[C@@]2(C)C[C@@H](C)C(=NC(C)=O)[C@H](C)[C@@H](OCC/C(=C\C=C\c3ccccc3)CO2)[C@]1(C)O. The first-order valence-electron chi connectivity index (χ1n) is 16.3. The normalized spacial score (nSPS) is 37.9. The van der Waals surface area contributed by atoms with Gasteiger partial charge in [-0.15, -0.1) is 0 Å². The largest absolute Gasteiger partial charge is 0.459 e. The molecule has 9 atom stereocenters. The second-order valence-corrected chi connectivity index (χ2v) is 13.4. The lowest BCUT2D eigenvalue weighted by molar-refractivity contribution is -0.195. The number of benzene rings is 1.